The Morgan fingerprint density at radius 3 is 3.00 bits per heavy atom. The van der Waals surface area contributed by atoms with Gasteiger partial charge in [-0.25, -0.2) is 0 Å². The molecule has 0 aromatic carbocycles. The lowest BCUT2D eigenvalue weighted by molar-refractivity contribution is -0.111. The SMILES string of the molecule is CC1(NC=O)CCCC2CCC1C2. The van der Waals surface area contributed by atoms with Crippen LogP contribution in [0.15, 0.2) is 0 Å². The highest BCUT2D eigenvalue weighted by molar-refractivity contribution is 5.48. The van der Waals surface area contributed by atoms with E-state index < -0.39 is 0 Å². The van der Waals surface area contributed by atoms with Gasteiger partial charge in [-0.1, -0.05) is 19.3 Å². The molecule has 2 bridgehead atoms. The first-order chi connectivity index (χ1) is 6.24. The minimum absolute atomic E-state index is 0.104. The molecule has 3 unspecified atom stereocenters. The molecule has 2 saturated carbocycles. The lowest BCUT2D eigenvalue weighted by atomic mass is 9.82. The number of hydrogen-bond donors (Lipinski definition) is 1. The van der Waals surface area contributed by atoms with Gasteiger partial charge in [0.15, 0.2) is 0 Å². The lowest BCUT2D eigenvalue weighted by Crippen LogP contribution is -2.46. The van der Waals surface area contributed by atoms with Crippen LogP contribution in [0.1, 0.15) is 45.4 Å². The molecule has 0 spiro atoms. The fraction of sp³-hybridized carbons (Fsp3) is 0.909. The predicted octanol–water partition coefficient (Wildman–Crippen LogP) is 2.09. The zero-order valence-corrected chi connectivity index (χ0v) is 8.38. The maximum Gasteiger partial charge on any atom is 0.207 e. The molecule has 2 aliphatic rings. The van der Waals surface area contributed by atoms with Crippen LogP contribution in [0.4, 0.5) is 0 Å². The van der Waals surface area contributed by atoms with E-state index in [1.165, 1.54) is 38.5 Å². The third-order valence-electron chi connectivity index (χ3n) is 4.14. The first-order valence-corrected chi connectivity index (χ1v) is 5.46. The molecule has 0 radical (unpaired) electrons. The first-order valence-electron chi connectivity index (χ1n) is 5.46. The summed E-state index contributed by atoms with van der Waals surface area (Å²) in [5.41, 5.74) is 0.104. The second-order valence-corrected chi connectivity index (χ2v) is 4.95. The van der Waals surface area contributed by atoms with Gasteiger partial charge in [0.1, 0.15) is 0 Å². The Morgan fingerprint density at radius 1 is 1.38 bits per heavy atom. The Kier molecular flexibility index (Phi) is 2.31. The van der Waals surface area contributed by atoms with Crippen LogP contribution < -0.4 is 5.32 Å². The molecule has 2 heteroatoms. The zero-order chi connectivity index (χ0) is 9.31. The minimum Gasteiger partial charge on any atom is -0.353 e. The Bertz CT molecular complexity index is 204. The number of rotatable bonds is 2. The third kappa shape index (κ3) is 1.59. The molecule has 0 saturated heterocycles. The third-order valence-corrected chi connectivity index (χ3v) is 4.14. The monoisotopic (exact) mass is 181 g/mol. The summed E-state index contributed by atoms with van der Waals surface area (Å²) in [5, 5.41) is 3.05. The number of carbonyl (C=O) groups is 1. The quantitative estimate of drug-likeness (QED) is 0.649. The van der Waals surface area contributed by atoms with Crippen LogP contribution in [-0.4, -0.2) is 11.9 Å². The molecule has 0 aliphatic heterocycles. The van der Waals surface area contributed by atoms with Gasteiger partial charge in [-0.3, -0.25) is 4.79 Å². The predicted molar refractivity (Wildman–Crippen MR) is 52.3 cm³/mol. The fourth-order valence-corrected chi connectivity index (χ4v) is 3.20. The number of carbonyl (C=O) groups excluding carboxylic acids is 1. The minimum atomic E-state index is 0.104. The maximum absolute atomic E-state index is 10.6. The van der Waals surface area contributed by atoms with Crippen molar-refractivity contribution in [2.75, 3.05) is 0 Å². The molecule has 2 nitrogen and oxygen atoms in total. The molecule has 0 heterocycles. The normalized spacial score (nSPS) is 44.1. The average Bonchev–Trinajstić information content (AvgIpc) is 2.47. The van der Waals surface area contributed by atoms with Crippen LogP contribution in [0.25, 0.3) is 0 Å². The van der Waals surface area contributed by atoms with Gasteiger partial charge in [0.05, 0.1) is 0 Å². The van der Waals surface area contributed by atoms with Gasteiger partial charge < -0.3 is 5.32 Å². The highest BCUT2D eigenvalue weighted by Crippen LogP contribution is 2.45. The fourth-order valence-electron chi connectivity index (χ4n) is 3.20. The zero-order valence-electron chi connectivity index (χ0n) is 8.38. The van der Waals surface area contributed by atoms with Crippen molar-refractivity contribution in [2.45, 2.75) is 51.0 Å². The van der Waals surface area contributed by atoms with Crippen molar-refractivity contribution in [1.82, 2.24) is 5.32 Å². The Morgan fingerprint density at radius 2 is 2.23 bits per heavy atom. The summed E-state index contributed by atoms with van der Waals surface area (Å²) in [7, 11) is 0. The van der Waals surface area contributed by atoms with E-state index >= 15 is 0 Å². The van der Waals surface area contributed by atoms with E-state index in [9.17, 15) is 4.79 Å². The van der Waals surface area contributed by atoms with Crippen LogP contribution in [0.5, 0.6) is 0 Å². The van der Waals surface area contributed by atoms with Gasteiger partial charge in [0.2, 0.25) is 6.41 Å². The Labute approximate surface area is 80.1 Å². The summed E-state index contributed by atoms with van der Waals surface area (Å²) in [6, 6.07) is 0. The summed E-state index contributed by atoms with van der Waals surface area (Å²) in [5.74, 6) is 1.70. The number of nitrogens with one attached hydrogen (secondary N) is 1. The molecule has 0 aromatic rings. The van der Waals surface area contributed by atoms with Crippen molar-refractivity contribution in [3.05, 3.63) is 0 Å². The Hall–Kier alpha value is -0.530. The van der Waals surface area contributed by atoms with E-state index in [0.29, 0.717) is 0 Å². The van der Waals surface area contributed by atoms with Crippen LogP contribution in [0, 0.1) is 11.8 Å². The maximum atomic E-state index is 10.6. The summed E-state index contributed by atoms with van der Waals surface area (Å²) in [6.45, 7) is 2.22. The van der Waals surface area contributed by atoms with Crippen LogP contribution >= 0.6 is 0 Å². The highest BCUT2D eigenvalue weighted by atomic mass is 16.1. The van der Waals surface area contributed by atoms with Crippen molar-refractivity contribution < 1.29 is 4.79 Å². The summed E-state index contributed by atoms with van der Waals surface area (Å²) in [6.07, 6.45) is 8.79. The molecule has 2 aliphatic carbocycles. The smallest absolute Gasteiger partial charge is 0.207 e. The molecule has 1 amide bonds. The molecule has 1 N–H and O–H groups in total. The average molecular weight is 181 g/mol. The molecular formula is C11H19NO. The van der Waals surface area contributed by atoms with E-state index in [4.69, 9.17) is 0 Å². The highest BCUT2D eigenvalue weighted by Gasteiger charge is 2.40. The van der Waals surface area contributed by atoms with E-state index in [0.717, 1.165) is 18.2 Å². The molecule has 3 atom stereocenters. The van der Waals surface area contributed by atoms with Crippen LogP contribution in [0.2, 0.25) is 0 Å². The molecule has 2 rings (SSSR count). The van der Waals surface area contributed by atoms with Crippen LogP contribution in [0.3, 0.4) is 0 Å². The molecular weight excluding hydrogens is 162 g/mol. The first kappa shape index (κ1) is 9.04. The van der Waals surface area contributed by atoms with Crippen molar-refractivity contribution in [3.63, 3.8) is 0 Å². The number of amides is 1. The van der Waals surface area contributed by atoms with Crippen molar-refractivity contribution in [2.24, 2.45) is 11.8 Å². The van der Waals surface area contributed by atoms with Gasteiger partial charge in [0, 0.05) is 5.54 Å². The van der Waals surface area contributed by atoms with Crippen molar-refractivity contribution in [3.8, 4) is 0 Å². The lowest BCUT2D eigenvalue weighted by Gasteiger charge is -2.34. The second-order valence-electron chi connectivity index (χ2n) is 4.95. The van der Waals surface area contributed by atoms with Gasteiger partial charge in [0.25, 0.3) is 0 Å². The molecule has 13 heavy (non-hydrogen) atoms. The van der Waals surface area contributed by atoms with Crippen molar-refractivity contribution >= 4 is 6.41 Å². The second kappa shape index (κ2) is 3.32. The summed E-state index contributed by atoms with van der Waals surface area (Å²) < 4.78 is 0. The van der Waals surface area contributed by atoms with Gasteiger partial charge in [-0.2, -0.15) is 0 Å². The largest absolute Gasteiger partial charge is 0.353 e. The van der Waals surface area contributed by atoms with Gasteiger partial charge >= 0.3 is 0 Å². The number of fused-ring (bicyclic) bond motifs is 2. The summed E-state index contributed by atoms with van der Waals surface area (Å²) in [4.78, 5) is 10.6. The standard InChI is InChI=1S/C11H19NO/c1-11(12-8-13)6-2-3-9-4-5-10(11)7-9/h8-10H,2-7H2,1H3,(H,12,13). The molecule has 2 fully saturated rings. The Balaban J connectivity index is 2.11. The summed E-state index contributed by atoms with van der Waals surface area (Å²) >= 11 is 0. The van der Waals surface area contributed by atoms with Crippen LogP contribution in [-0.2, 0) is 4.79 Å². The van der Waals surface area contributed by atoms with E-state index in [1.807, 2.05) is 0 Å². The van der Waals surface area contributed by atoms with E-state index in [-0.39, 0.29) is 5.54 Å². The molecule has 74 valence electrons. The topological polar surface area (TPSA) is 29.1 Å². The number of hydrogen-bond acceptors (Lipinski definition) is 1. The van der Waals surface area contributed by atoms with Gasteiger partial charge in [-0.15, -0.1) is 0 Å². The van der Waals surface area contributed by atoms with Crippen molar-refractivity contribution in [1.29, 1.82) is 0 Å². The van der Waals surface area contributed by atoms with E-state index in [2.05, 4.69) is 12.2 Å². The van der Waals surface area contributed by atoms with E-state index in [1.54, 1.807) is 0 Å². The van der Waals surface area contributed by atoms with Gasteiger partial charge in [-0.05, 0) is 38.0 Å². The molecule has 0 aromatic heterocycles.